The zero-order valence-electron chi connectivity index (χ0n) is 8.62. The van der Waals surface area contributed by atoms with Crippen LogP contribution in [0, 0.1) is 0 Å². The van der Waals surface area contributed by atoms with E-state index in [1.54, 1.807) is 6.08 Å². The van der Waals surface area contributed by atoms with E-state index in [0.29, 0.717) is 6.04 Å². The van der Waals surface area contributed by atoms with Crippen LogP contribution in [0.2, 0.25) is 0 Å². The third kappa shape index (κ3) is 2.87. The molecule has 0 bridgehead atoms. The molecule has 0 saturated carbocycles. The zero-order valence-corrected chi connectivity index (χ0v) is 8.62. The summed E-state index contributed by atoms with van der Waals surface area (Å²) in [4.78, 5) is 13.6. The Hall–Kier alpha value is -0.790. The quantitative estimate of drug-likeness (QED) is 0.569. The maximum Gasteiger partial charge on any atom is 0.246 e. The Morgan fingerprint density at radius 1 is 1.38 bits per heavy atom. The van der Waals surface area contributed by atoms with Gasteiger partial charge in [0.2, 0.25) is 5.91 Å². The van der Waals surface area contributed by atoms with Gasteiger partial charge in [0.1, 0.15) is 0 Å². The monoisotopic (exact) mass is 181 g/mol. The molecule has 74 valence electrons. The van der Waals surface area contributed by atoms with Gasteiger partial charge < -0.3 is 4.90 Å². The summed E-state index contributed by atoms with van der Waals surface area (Å²) in [6.45, 7) is 4.97. The molecule has 0 radical (unpaired) electrons. The molecule has 13 heavy (non-hydrogen) atoms. The fraction of sp³-hybridized carbons (Fsp3) is 0.727. The summed E-state index contributed by atoms with van der Waals surface area (Å²) in [7, 11) is 0. The molecule has 1 atom stereocenters. The second-order valence-corrected chi connectivity index (χ2v) is 3.73. The van der Waals surface area contributed by atoms with E-state index in [0.717, 1.165) is 19.4 Å². The lowest BCUT2D eigenvalue weighted by atomic mass is 10.1. The lowest BCUT2D eigenvalue weighted by Gasteiger charge is -2.25. The number of hydrogen-bond acceptors (Lipinski definition) is 1. The number of carbonyl (C=O) groups is 1. The zero-order chi connectivity index (χ0) is 9.68. The predicted octanol–water partition coefficient (Wildman–Crippen LogP) is 2.35. The molecule has 0 aliphatic carbocycles. The Kier molecular flexibility index (Phi) is 4.00. The van der Waals surface area contributed by atoms with Gasteiger partial charge in [0.15, 0.2) is 0 Å². The Morgan fingerprint density at radius 3 is 2.85 bits per heavy atom. The molecule has 1 aliphatic rings. The van der Waals surface area contributed by atoms with Gasteiger partial charge in [0.25, 0.3) is 0 Å². The van der Waals surface area contributed by atoms with Crippen LogP contribution in [0.4, 0.5) is 0 Å². The topological polar surface area (TPSA) is 20.3 Å². The first kappa shape index (κ1) is 10.3. The molecule has 1 aliphatic heterocycles. The lowest BCUT2D eigenvalue weighted by Crippen LogP contribution is -2.37. The molecule has 0 N–H and O–H groups in total. The maximum atomic E-state index is 11.6. The summed E-state index contributed by atoms with van der Waals surface area (Å²) in [5, 5.41) is 0. The molecule has 1 saturated heterocycles. The van der Waals surface area contributed by atoms with Crippen molar-refractivity contribution in [2.75, 3.05) is 6.54 Å². The molecule has 2 heteroatoms. The molecule has 2 nitrogen and oxygen atoms in total. The number of amides is 1. The minimum absolute atomic E-state index is 0.178. The Morgan fingerprint density at radius 2 is 2.15 bits per heavy atom. The van der Waals surface area contributed by atoms with E-state index in [-0.39, 0.29) is 5.91 Å². The van der Waals surface area contributed by atoms with Crippen molar-refractivity contribution in [1.29, 1.82) is 0 Å². The number of allylic oxidation sites excluding steroid dienone is 1. The number of carbonyl (C=O) groups excluding carboxylic acids is 1. The van der Waals surface area contributed by atoms with Gasteiger partial charge in [-0.1, -0.05) is 18.9 Å². The van der Waals surface area contributed by atoms with Crippen LogP contribution in [0.1, 0.15) is 39.5 Å². The van der Waals surface area contributed by atoms with Crippen LogP contribution in [0.5, 0.6) is 0 Å². The van der Waals surface area contributed by atoms with E-state index >= 15 is 0 Å². The van der Waals surface area contributed by atoms with Crippen molar-refractivity contribution in [1.82, 2.24) is 4.90 Å². The van der Waals surface area contributed by atoms with Crippen molar-refractivity contribution in [2.24, 2.45) is 0 Å². The van der Waals surface area contributed by atoms with E-state index in [9.17, 15) is 4.79 Å². The fourth-order valence-electron chi connectivity index (χ4n) is 1.84. The van der Waals surface area contributed by atoms with Gasteiger partial charge in [-0.25, -0.2) is 0 Å². The highest BCUT2D eigenvalue weighted by Gasteiger charge is 2.19. The molecule has 1 fully saturated rings. The molecular formula is C11H19NO. The number of hydrogen-bond donors (Lipinski definition) is 0. The lowest BCUT2D eigenvalue weighted by molar-refractivity contribution is -0.127. The summed E-state index contributed by atoms with van der Waals surface area (Å²) in [5.41, 5.74) is 0. The number of rotatable bonds is 1. The largest absolute Gasteiger partial charge is 0.336 e. The molecule has 0 spiro atoms. The van der Waals surface area contributed by atoms with Crippen LogP contribution in [0.3, 0.4) is 0 Å². The molecule has 0 aromatic carbocycles. The fourth-order valence-corrected chi connectivity index (χ4v) is 1.84. The molecule has 0 aromatic heterocycles. The van der Waals surface area contributed by atoms with Gasteiger partial charge in [-0.05, 0) is 32.8 Å². The molecule has 0 aromatic rings. The normalized spacial score (nSPS) is 24.8. The van der Waals surface area contributed by atoms with Crippen LogP contribution < -0.4 is 0 Å². The Labute approximate surface area is 80.6 Å². The van der Waals surface area contributed by atoms with E-state index in [1.165, 1.54) is 12.8 Å². The highest BCUT2D eigenvalue weighted by Crippen LogP contribution is 2.16. The van der Waals surface area contributed by atoms with Crippen LogP contribution in [-0.2, 0) is 4.79 Å². The van der Waals surface area contributed by atoms with E-state index < -0.39 is 0 Å². The number of nitrogens with zero attached hydrogens (tertiary/aromatic N) is 1. The second kappa shape index (κ2) is 5.05. The van der Waals surface area contributed by atoms with Crippen molar-refractivity contribution in [3.05, 3.63) is 12.2 Å². The average molecular weight is 181 g/mol. The van der Waals surface area contributed by atoms with E-state index in [4.69, 9.17) is 0 Å². The highest BCUT2D eigenvalue weighted by molar-refractivity contribution is 5.87. The van der Waals surface area contributed by atoms with Gasteiger partial charge in [-0.2, -0.15) is 0 Å². The van der Waals surface area contributed by atoms with Crippen molar-refractivity contribution in [2.45, 2.75) is 45.6 Å². The molecule has 1 unspecified atom stereocenters. The van der Waals surface area contributed by atoms with Gasteiger partial charge in [-0.3, -0.25) is 4.79 Å². The van der Waals surface area contributed by atoms with E-state index in [1.807, 2.05) is 17.9 Å². The summed E-state index contributed by atoms with van der Waals surface area (Å²) in [6.07, 6.45) is 8.34. The molecule has 1 amide bonds. The average Bonchev–Trinajstić information content (AvgIpc) is 2.30. The predicted molar refractivity (Wildman–Crippen MR) is 54.5 cm³/mol. The van der Waals surface area contributed by atoms with Crippen molar-refractivity contribution in [3.63, 3.8) is 0 Å². The van der Waals surface area contributed by atoms with Crippen LogP contribution in [0.15, 0.2) is 12.2 Å². The minimum Gasteiger partial charge on any atom is -0.336 e. The molecule has 1 heterocycles. The standard InChI is InChI=1S/C11H19NO/c1-3-7-11(13)12-9-6-4-5-8-10(12)2/h3,7,10H,4-6,8-9H2,1-2H3. The first-order chi connectivity index (χ1) is 6.25. The summed E-state index contributed by atoms with van der Waals surface area (Å²) in [5.74, 6) is 0.178. The van der Waals surface area contributed by atoms with E-state index in [2.05, 4.69) is 6.92 Å². The summed E-state index contributed by atoms with van der Waals surface area (Å²) < 4.78 is 0. The Balaban J connectivity index is 2.58. The second-order valence-electron chi connectivity index (χ2n) is 3.73. The van der Waals surface area contributed by atoms with Gasteiger partial charge in [-0.15, -0.1) is 0 Å². The van der Waals surface area contributed by atoms with Crippen molar-refractivity contribution < 1.29 is 4.79 Å². The van der Waals surface area contributed by atoms with Crippen LogP contribution in [-0.4, -0.2) is 23.4 Å². The van der Waals surface area contributed by atoms with Crippen molar-refractivity contribution >= 4 is 5.91 Å². The summed E-state index contributed by atoms with van der Waals surface area (Å²) >= 11 is 0. The maximum absolute atomic E-state index is 11.6. The SMILES string of the molecule is CC=CC(=O)N1CCCCCC1C. The van der Waals surface area contributed by atoms with Gasteiger partial charge in [0.05, 0.1) is 0 Å². The van der Waals surface area contributed by atoms with Crippen LogP contribution >= 0.6 is 0 Å². The third-order valence-corrected chi connectivity index (χ3v) is 2.65. The minimum atomic E-state index is 0.178. The van der Waals surface area contributed by atoms with Crippen LogP contribution in [0.25, 0.3) is 0 Å². The highest BCUT2D eigenvalue weighted by atomic mass is 16.2. The summed E-state index contributed by atoms with van der Waals surface area (Å²) in [6, 6.07) is 0.422. The van der Waals surface area contributed by atoms with Gasteiger partial charge >= 0.3 is 0 Å². The number of likely N-dealkylation sites (tertiary alicyclic amines) is 1. The first-order valence-electron chi connectivity index (χ1n) is 5.19. The molecule has 1 rings (SSSR count). The molecular weight excluding hydrogens is 162 g/mol. The first-order valence-corrected chi connectivity index (χ1v) is 5.19. The van der Waals surface area contributed by atoms with Crippen molar-refractivity contribution in [3.8, 4) is 0 Å². The van der Waals surface area contributed by atoms with Gasteiger partial charge in [0, 0.05) is 12.6 Å². The smallest absolute Gasteiger partial charge is 0.246 e. The third-order valence-electron chi connectivity index (χ3n) is 2.65. The Bertz CT molecular complexity index is 198.